The molecule has 0 aromatic heterocycles. The van der Waals surface area contributed by atoms with Gasteiger partial charge in [0, 0.05) is 38.3 Å². The minimum Gasteiger partial charge on any atom is -0.493 e. The van der Waals surface area contributed by atoms with E-state index in [1.54, 1.807) is 32.4 Å². The first-order valence-corrected chi connectivity index (χ1v) is 10.3. The number of carbonyl (C=O) groups excluding carboxylic acids is 3. The molecule has 1 aromatic carbocycles. The molecule has 9 heteroatoms. The molecule has 1 aliphatic rings. The van der Waals surface area contributed by atoms with Gasteiger partial charge in [-0.2, -0.15) is 0 Å². The number of methoxy groups -OCH3 is 1. The highest BCUT2D eigenvalue weighted by atomic mass is 16.5. The van der Waals surface area contributed by atoms with Crippen molar-refractivity contribution in [2.45, 2.75) is 26.7 Å². The van der Waals surface area contributed by atoms with Gasteiger partial charge in [0.05, 0.1) is 7.11 Å². The van der Waals surface area contributed by atoms with E-state index in [2.05, 4.69) is 24.1 Å². The van der Waals surface area contributed by atoms with Crippen LogP contribution in [0.15, 0.2) is 18.2 Å². The maximum absolute atomic E-state index is 12.3. The van der Waals surface area contributed by atoms with Gasteiger partial charge in [-0.25, -0.2) is 4.79 Å². The monoisotopic (exact) mass is 420 g/mol. The van der Waals surface area contributed by atoms with Crippen LogP contribution < -0.4 is 14.8 Å². The van der Waals surface area contributed by atoms with Crippen molar-refractivity contribution in [3.05, 3.63) is 18.2 Å². The highest BCUT2D eigenvalue weighted by Gasteiger charge is 2.32. The molecule has 0 unspecified atom stereocenters. The summed E-state index contributed by atoms with van der Waals surface area (Å²) in [6.07, 6.45) is 0.603. The van der Waals surface area contributed by atoms with Crippen molar-refractivity contribution in [2.24, 2.45) is 0 Å². The summed E-state index contributed by atoms with van der Waals surface area (Å²) in [4.78, 5) is 40.7. The first kappa shape index (κ1) is 23.5. The molecule has 2 rings (SSSR count). The van der Waals surface area contributed by atoms with E-state index >= 15 is 0 Å². The van der Waals surface area contributed by atoms with Crippen LogP contribution in [0, 0.1) is 0 Å². The van der Waals surface area contributed by atoms with Crippen molar-refractivity contribution in [3.8, 4) is 11.5 Å². The van der Waals surface area contributed by atoms with Crippen molar-refractivity contribution in [1.82, 2.24) is 14.7 Å². The van der Waals surface area contributed by atoms with Gasteiger partial charge in [0.15, 0.2) is 11.5 Å². The van der Waals surface area contributed by atoms with Crippen molar-refractivity contribution >= 4 is 23.5 Å². The summed E-state index contributed by atoms with van der Waals surface area (Å²) < 4.78 is 11.2. The number of amides is 4. The summed E-state index contributed by atoms with van der Waals surface area (Å²) in [5, 5.41) is 2.83. The molecule has 0 saturated carbocycles. The fraction of sp³-hybridized carbons (Fsp3) is 0.571. The number of rotatable bonds is 12. The Morgan fingerprint density at radius 3 is 2.53 bits per heavy atom. The quantitative estimate of drug-likeness (QED) is 0.520. The zero-order valence-electron chi connectivity index (χ0n) is 18.3. The normalized spacial score (nSPS) is 13.9. The van der Waals surface area contributed by atoms with Gasteiger partial charge in [-0.3, -0.25) is 14.5 Å². The molecule has 166 valence electrons. The van der Waals surface area contributed by atoms with Gasteiger partial charge in [0.1, 0.15) is 13.2 Å². The van der Waals surface area contributed by atoms with E-state index in [9.17, 15) is 14.4 Å². The number of likely N-dealkylation sites (N-methyl/N-ethyl adjacent to an activating group) is 2. The Kier molecular flexibility index (Phi) is 8.91. The lowest BCUT2D eigenvalue weighted by Crippen LogP contribution is -2.32. The number of imide groups is 1. The van der Waals surface area contributed by atoms with Gasteiger partial charge >= 0.3 is 6.03 Å². The van der Waals surface area contributed by atoms with E-state index in [-0.39, 0.29) is 37.4 Å². The van der Waals surface area contributed by atoms with Crippen molar-refractivity contribution in [3.63, 3.8) is 0 Å². The number of urea groups is 1. The van der Waals surface area contributed by atoms with Gasteiger partial charge in [0.25, 0.3) is 0 Å². The average Bonchev–Trinajstić information content (AvgIpc) is 2.97. The molecule has 1 aliphatic heterocycles. The third-order valence-corrected chi connectivity index (χ3v) is 5.02. The molecule has 30 heavy (non-hydrogen) atoms. The Morgan fingerprint density at radius 1 is 1.20 bits per heavy atom. The summed E-state index contributed by atoms with van der Waals surface area (Å²) in [7, 11) is 3.15. The standard InChI is InChI=1S/C21H32N4O5/c1-5-24(6-2)12-13-30-18-14-16(9-10-17(18)29-4)22-19(26)8-7-11-25-20(27)15-23(3)21(25)28/h9-10,14H,5-8,11-13,15H2,1-4H3,(H,22,26). The van der Waals surface area contributed by atoms with E-state index in [0.29, 0.717) is 30.2 Å². The van der Waals surface area contributed by atoms with Crippen LogP contribution in [0.5, 0.6) is 11.5 Å². The summed E-state index contributed by atoms with van der Waals surface area (Å²) in [5.41, 5.74) is 0.603. The number of anilines is 1. The van der Waals surface area contributed by atoms with E-state index < -0.39 is 0 Å². The Bertz CT molecular complexity index is 751. The van der Waals surface area contributed by atoms with E-state index in [1.807, 2.05) is 0 Å². The Balaban J connectivity index is 1.85. The smallest absolute Gasteiger partial charge is 0.326 e. The second-order valence-electron chi connectivity index (χ2n) is 7.08. The van der Waals surface area contributed by atoms with Crippen LogP contribution in [0.25, 0.3) is 0 Å². The van der Waals surface area contributed by atoms with E-state index in [4.69, 9.17) is 9.47 Å². The Hall–Kier alpha value is -2.81. The Labute approximate surface area is 177 Å². The fourth-order valence-electron chi connectivity index (χ4n) is 3.20. The van der Waals surface area contributed by atoms with Crippen LogP contribution in [-0.4, -0.2) is 86.0 Å². The molecule has 1 heterocycles. The minimum atomic E-state index is -0.318. The molecular formula is C21H32N4O5. The SMILES string of the molecule is CCN(CC)CCOc1cc(NC(=O)CCCN2C(=O)CN(C)C2=O)ccc1OC. The number of hydrogen-bond acceptors (Lipinski definition) is 6. The zero-order valence-corrected chi connectivity index (χ0v) is 18.3. The molecule has 0 spiro atoms. The zero-order chi connectivity index (χ0) is 22.1. The number of ether oxygens (including phenoxy) is 2. The van der Waals surface area contributed by atoms with Gasteiger partial charge in [-0.15, -0.1) is 0 Å². The molecule has 0 atom stereocenters. The van der Waals surface area contributed by atoms with Crippen LogP contribution in [0.3, 0.4) is 0 Å². The molecule has 0 aliphatic carbocycles. The molecule has 1 saturated heterocycles. The fourth-order valence-corrected chi connectivity index (χ4v) is 3.20. The largest absolute Gasteiger partial charge is 0.493 e. The minimum absolute atomic E-state index is 0.0912. The predicted octanol–water partition coefficient (Wildman–Crippen LogP) is 2.03. The van der Waals surface area contributed by atoms with E-state index in [1.165, 1.54) is 9.80 Å². The lowest BCUT2D eigenvalue weighted by molar-refractivity contribution is -0.125. The maximum Gasteiger partial charge on any atom is 0.326 e. The van der Waals surface area contributed by atoms with Gasteiger partial charge in [0.2, 0.25) is 11.8 Å². The lowest BCUT2D eigenvalue weighted by Gasteiger charge is -2.19. The molecule has 0 radical (unpaired) electrons. The van der Waals surface area contributed by atoms with Crippen molar-refractivity contribution in [2.75, 3.05) is 58.8 Å². The first-order valence-electron chi connectivity index (χ1n) is 10.3. The third-order valence-electron chi connectivity index (χ3n) is 5.02. The van der Waals surface area contributed by atoms with Gasteiger partial charge in [-0.05, 0) is 31.6 Å². The number of carbonyl (C=O) groups is 3. The van der Waals surface area contributed by atoms with Crippen LogP contribution in [0.4, 0.5) is 10.5 Å². The third kappa shape index (κ3) is 6.35. The topological polar surface area (TPSA) is 91.4 Å². The molecule has 1 aromatic rings. The second kappa shape index (κ2) is 11.4. The average molecular weight is 421 g/mol. The molecule has 1 fully saturated rings. The lowest BCUT2D eigenvalue weighted by atomic mass is 10.2. The number of nitrogens with zero attached hydrogens (tertiary/aromatic N) is 3. The van der Waals surface area contributed by atoms with Gasteiger partial charge < -0.3 is 24.6 Å². The summed E-state index contributed by atoms with van der Waals surface area (Å²) >= 11 is 0. The maximum atomic E-state index is 12.3. The van der Waals surface area contributed by atoms with Crippen molar-refractivity contribution < 1.29 is 23.9 Å². The first-order chi connectivity index (χ1) is 14.4. The van der Waals surface area contributed by atoms with Crippen LogP contribution in [-0.2, 0) is 9.59 Å². The van der Waals surface area contributed by atoms with Gasteiger partial charge in [-0.1, -0.05) is 13.8 Å². The highest BCUT2D eigenvalue weighted by molar-refractivity contribution is 6.01. The number of benzene rings is 1. The molecule has 9 nitrogen and oxygen atoms in total. The summed E-state index contributed by atoms with van der Waals surface area (Å²) in [5.74, 6) is 0.743. The molecular weight excluding hydrogens is 388 g/mol. The second-order valence-corrected chi connectivity index (χ2v) is 7.08. The molecule has 4 amide bonds. The predicted molar refractivity (Wildman–Crippen MR) is 114 cm³/mol. The summed E-state index contributed by atoms with van der Waals surface area (Å²) in [6, 6.07) is 4.92. The number of nitrogens with one attached hydrogen (secondary N) is 1. The Morgan fingerprint density at radius 2 is 1.93 bits per heavy atom. The molecule has 1 N–H and O–H groups in total. The van der Waals surface area contributed by atoms with Crippen LogP contribution in [0.2, 0.25) is 0 Å². The summed E-state index contributed by atoms with van der Waals surface area (Å²) in [6.45, 7) is 7.77. The van der Waals surface area contributed by atoms with Crippen LogP contribution in [0.1, 0.15) is 26.7 Å². The highest BCUT2D eigenvalue weighted by Crippen LogP contribution is 2.30. The van der Waals surface area contributed by atoms with Crippen molar-refractivity contribution in [1.29, 1.82) is 0 Å². The van der Waals surface area contributed by atoms with Crippen LogP contribution >= 0.6 is 0 Å². The molecule has 0 bridgehead atoms. The van der Waals surface area contributed by atoms with E-state index in [0.717, 1.165) is 19.6 Å². The number of hydrogen-bond donors (Lipinski definition) is 1.